The fourth-order valence-corrected chi connectivity index (χ4v) is 13.1. The van der Waals surface area contributed by atoms with E-state index in [9.17, 15) is 30.0 Å². The van der Waals surface area contributed by atoms with Crippen molar-refractivity contribution in [2.45, 2.75) is 204 Å². The lowest BCUT2D eigenvalue weighted by Gasteiger charge is -2.64. The minimum Gasteiger partial charge on any atom is -0.458 e. The van der Waals surface area contributed by atoms with E-state index in [1.165, 1.54) is 6.92 Å². The number of hydrogen-bond acceptors (Lipinski definition) is 14. The Bertz CT molecular complexity index is 1500. The van der Waals surface area contributed by atoms with Crippen LogP contribution in [0.15, 0.2) is 11.6 Å². The van der Waals surface area contributed by atoms with Gasteiger partial charge in [0.15, 0.2) is 25.0 Å². The second-order valence-electron chi connectivity index (χ2n) is 19.3. The second-order valence-corrected chi connectivity index (χ2v) is 19.3. The molecule has 0 bridgehead atoms. The van der Waals surface area contributed by atoms with E-state index in [4.69, 9.17) is 37.9 Å². The molecule has 8 aliphatic rings. The van der Waals surface area contributed by atoms with E-state index in [0.717, 1.165) is 63.4 Å². The van der Waals surface area contributed by atoms with Gasteiger partial charge in [0.2, 0.25) is 0 Å². The van der Waals surface area contributed by atoms with E-state index >= 15 is 0 Å². The lowest BCUT2D eigenvalue weighted by molar-refractivity contribution is -0.344. The first kappa shape index (κ1) is 42.0. The summed E-state index contributed by atoms with van der Waals surface area (Å²) >= 11 is 0. The highest BCUT2D eigenvalue weighted by Crippen LogP contribution is 2.70. The molecule has 0 aromatic carbocycles. The molecular formula is C43H66O14. The maximum Gasteiger partial charge on any atom is 0.331 e. The summed E-state index contributed by atoms with van der Waals surface area (Å²) in [6, 6.07) is 0. The Balaban J connectivity index is 0.926. The molecule has 4 saturated carbocycles. The Morgan fingerprint density at radius 2 is 1.44 bits per heavy atom. The van der Waals surface area contributed by atoms with Crippen LogP contribution in [-0.2, 0) is 47.5 Å². The summed E-state index contributed by atoms with van der Waals surface area (Å²) < 4.78 is 49.0. The summed E-state index contributed by atoms with van der Waals surface area (Å²) in [5.41, 5.74) is 0.122. The Morgan fingerprint density at radius 1 is 0.754 bits per heavy atom. The van der Waals surface area contributed by atoms with Crippen molar-refractivity contribution in [3.8, 4) is 0 Å². The zero-order valence-electron chi connectivity index (χ0n) is 34.5. The number of cyclic esters (lactones) is 1. The van der Waals surface area contributed by atoms with E-state index in [0.29, 0.717) is 24.9 Å². The normalized spacial score (nSPS) is 52.6. The third kappa shape index (κ3) is 7.65. The van der Waals surface area contributed by atoms with Crippen molar-refractivity contribution in [1.82, 2.24) is 0 Å². The molecule has 7 fully saturated rings. The van der Waals surface area contributed by atoms with Gasteiger partial charge in [-0.2, -0.15) is 0 Å². The topological polar surface area (TPSA) is 189 Å². The van der Waals surface area contributed by atoms with Crippen LogP contribution in [0.1, 0.15) is 119 Å². The lowest BCUT2D eigenvalue weighted by Crippen LogP contribution is -2.62. The summed E-state index contributed by atoms with van der Waals surface area (Å²) in [5.74, 6) is 0.515. The van der Waals surface area contributed by atoms with Crippen LogP contribution in [0.25, 0.3) is 0 Å². The minimum atomic E-state index is -1.02. The van der Waals surface area contributed by atoms with Gasteiger partial charge >= 0.3 is 11.9 Å². The molecule has 4 heterocycles. The largest absolute Gasteiger partial charge is 0.458 e. The third-order valence-corrected chi connectivity index (χ3v) is 16.2. The summed E-state index contributed by atoms with van der Waals surface area (Å²) in [5, 5.41) is 44.4. The van der Waals surface area contributed by atoms with Crippen molar-refractivity contribution in [2.75, 3.05) is 6.61 Å². The maximum atomic E-state index is 12.6. The molecule has 20 atom stereocenters. The highest BCUT2D eigenvalue weighted by atomic mass is 16.7. The number of hydrogen-bond donors (Lipinski definition) is 4. The molecule has 8 rings (SSSR count). The molecule has 0 aromatic rings. The first-order chi connectivity index (χ1) is 27.0. The van der Waals surface area contributed by atoms with E-state index < -0.39 is 85.4 Å². The zero-order chi connectivity index (χ0) is 40.6. The Morgan fingerprint density at radius 3 is 2.12 bits per heavy atom. The fourth-order valence-electron chi connectivity index (χ4n) is 13.1. The second kappa shape index (κ2) is 16.0. The van der Waals surface area contributed by atoms with Crippen LogP contribution < -0.4 is 0 Å². The molecule has 0 spiro atoms. The number of fused-ring (bicyclic) bond motifs is 5. The van der Waals surface area contributed by atoms with Crippen molar-refractivity contribution in [3.63, 3.8) is 0 Å². The molecule has 14 heteroatoms. The summed E-state index contributed by atoms with van der Waals surface area (Å²) in [7, 11) is 0. The van der Waals surface area contributed by atoms with Crippen LogP contribution in [0.2, 0.25) is 0 Å². The van der Waals surface area contributed by atoms with Crippen LogP contribution in [0.3, 0.4) is 0 Å². The molecule has 1 unspecified atom stereocenters. The first-order valence-corrected chi connectivity index (χ1v) is 21.7. The quantitative estimate of drug-likeness (QED) is 0.205. The number of rotatable bonds is 8. The third-order valence-electron chi connectivity index (χ3n) is 16.2. The SMILES string of the molecule is CC(=O)O[C@H]1[C@@H](O)C[C@@H](O[C@H]2[C@@H](O[C@@H]3C[C@H](O)[C@H](O)[C@@H](C)O3)C[C@@H](O[C@H]3CC[C@@]4(C)[C@H](CC[C@@H]5[C@@H]4CC[C@]4(C)[C@@H](C6=CC(=O)OC6)CCC54O)C3)O[C@@H]2C)O[C@@H]1C. The van der Waals surface area contributed by atoms with Gasteiger partial charge in [-0.3, -0.25) is 4.79 Å². The molecular weight excluding hydrogens is 740 g/mol. The van der Waals surface area contributed by atoms with Crippen LogP contribution in [0.5, 0.6) is 0 Å². The summed E-state index contributed by atoms with van der Waals surface area (Å²) in [6.45, 7) is 11.7. The molecule has 4 aliphatic heterocycles. The highest BCUT2D eigenvalue weighted by Gasteiger charge is 2.68. The average Bonchev–Trinajstić information content (AvgIpc) is 3.69. The molecule has 4 N–H and O–H groups in total. The van der Waals surface area contributed by atoms with E-state index in [1.807, 2.05) is 6.92 Å². The fraction of sp³-hybridized carbons (Fsp3) is 0.907. The van der Waals surface area contributed by atoms with Crippen molar-refractivity contribution in [1.29, 1.82) is 0 Å². The van der Waals surface area contributed by atoms with Crippen molar-refractivity contribution in [3.05, 3.63) is 11.6 Å². The smallest absolute Gasteiger partial charge is 0.331 e. The number of carbonyl (C=O) groups is 2. The van der Waals surface area contributed by atoms with Crippen molar-refractivity contribution < 1.29 is 67.9 Å². The van der Waals surface area contributed by atoms with Crippen LogP contribution >= 0.6 is 0 Å². The van der Waals surface area contributed by atoms with Crippen LogP contribution in [0, 0.1) is 34.5 Å². The van der Waals surface area contributed by atoms with E-state index in [1.54, 1.807) is 19.9 Å². The number of aliphatic hydroxyl groups excluding tert-OH is 3. The van der Waals surface area contributed by atoms with Crippen molar-refractivity contribution >= 4 is 11.9 Å². The van der Waals surface area contributed by atoms with E-state index in [-0.39, 0.29) is 47.6 Å². The molecule has 4 aliphatic carbocycles. The van der Waals surface area contributed by atoms with Gasteiger partial charge in [0.05, 0.1) is 48.3 Å². The summed E-state index contributed by atoms with van der Waals surface area (Å²) in [4.78, 5) is 23.6. The Kier molecular flexibility index (Phi) is 11.8. The maximum absolute atomic E-state index is 12.6. The van der Waals surface area contributed by atoms with Gasteiger partial charge in [-0.05, 0) is 113 Å². The predicted molar refractivity (Wildman–Crippen MR) is 201 cm³/mol. The lowest BCUT2D eigenvalue weighted by atomic mass is 9.43. The predicted octanol–water partition coefficient (Wildman–Crippen LogP) is 3.82. The highest BCUT2D eigenvalue weighted by molar-refractivity contribution is 5.85. The minimum absolute atomic E-state index is 0.0200. The van der Waals surface area contributed by atoms with Crippen LogP contribution in [-0.4, -0.2) is 124 Å². The molecule has 0 aromatic heterocycles. The van der Waals surface area contributed by atoms with Gasteiger partial charge in [-0.1, -0.05) is 13.8 Å². The molecule has 57 heavy (non-hydrogen) atoms. The number of ether oxygens (including phenoxy) is 8. The molecule has 322 valence electrons. The Labute approximate surface area is 336 Å². The Hall–Kier alpha value is -1.72. The van der Waals surface area contributed by atoms with Gasteiger partial charge in [0.25, 0.3) is 0 Å². The monoisotopic (exact) mass is 806 g/mol. The standard InChI is InChI=1S/C43H66O14/c1-21-38(48)31(45)17-35(51-21)56-33-19-37(53-23(3)40(33)57-36-18-32(46)39(22(2)52-36)54-24(4)44)55-27-9-12-41(5)26(16-27)7-8-30-29(41)10-13-42(6)28(11-14-43(30,42)49)25-15-34(47)50-20-25/h15,21-23,26-33,35-40,45-46,48-49H,7-14,16-20H2,1-6H3/t21-,22-,23-,26-,27+,28-,29+,30-,31+,32+,33+,35-,36-,37-,38-,39-,40-,41+,42-,43?/m1/s1. The molecule has 0 amide bonds. The molecule has 0 radical (unpaired) electrons. The van der Waals surface area contributed by atoms with Gasteiger partial charge in [0, 0.05) is 37.7 Å². The zero-order valence-corrected chi connectivity index (χ0v) is 34.5. The molecule has 3 saturated heterocycles. The summed E-state index contributed by atoms with van der Waals surface area (Å²) in [6.07, 6.45) is 1.56. The van der Waals surface area contributed by atoms with Gasteiger partial charge in [-0.15, -0.1) is 0 Å². The van der Waals surface area contributed by atoms with E-state index in [2.05, 4.69) is 13.8 Å². The number of esters is 2. The molecule has 14 nitrogen and oxygen atoms in total. The first-order valence-electron chi connectivity index (χ1n) is 21.7. The van der Waals surface area contributed by atoms with Gasteiger partial charge in [-0.25, -0.2) is 4.79 Å². The van der Waals surface area contributed by atoms with Gasteiger partial charge in [0.1, 0.15) is 18.8 Å². The van der Waals surface area contributed by atoms with Crippen molar-refractivity contribution in [2.24, 2.45) is 34.5 Å². The van der Waals surface area contributed by atoms with Gasteiger partial charge < -0.3 is 58.3 Å². The number of carbonyl (C=O) groups excluding carboxylic acids is 2. The van der Waals surface area contributed by atoms with Crippen LogP contribution in [0.4, 0.5) is 0 Å². The average molecular weight is 807 g/mol. The number of aliphatic hydroxyl groups is 4.